The minimum Gasteiger partial charge on any atom is -0.356 e. The van der Waals surface area contributed by atoms with Gasteiger partial charge < -0.3 is 9.42 Å². The molecule has 0 radical (unpaired) electrons. The lowest BCUT2D eigenvalue weighted by Gasteiger charge is -2.22. The molecule has 8 nitrogen and oxygen atoms in total. The second-order valence-corrected chi connectivity index (χ2v) is 5.60. The minimum absolute atomic E-state index is 0.397. The van der Waals surface area contributed by atoms with Crippen molar-refractivity contribution in [1.82, 2.24) is 30.1 Å². The molecule has 4 rings (SSSR count). The maximum atomic E-state index is 5.24. The van der Waals surface area contributed by atoms with Crippen molar-refractivity contribution in [2.75, 3.05) is 18.0 Å². The molecule has 0 N–H and O–H groups in total. The van der Waals surface area contributed by atoms with Crippen molar-refractivity contribution in [3.05, 3.63) is 24.4 Å². The zero-order valence-corrected chi connectivity index (χ0v) is 12.4. The van der Waals surface area contributed by atoms with E-state index in [9.17, 15) is 0 Å². The highest BCUT2D eigenvalue weighted by Crippen LogP contribution is 2.29. The van der Waals surface area contributed by atoms with E-state index in [1.54, 1.807) is 12.5 Å². The summed E-state index contributed by atoms with van der Waals surface area (Å²) in [7, 11) is 0. The predicted octanol–water partition coefficient (Wildman–Crippen LogP) is 1.75. The van der Waals surface area contributed by atoms with E-state index in [1.807, 2.05) is 17.8 Å². The van der Waals surface area contributed by atoms with Crippen molar-refractivity contribution in [2.24, 2.45) is 0 Å². The van der Waals surface area contributed by atoms with Crippen LogP contribution in [0.15, 0.2) is 23.2 Å². The van der Waals surface area contributed by atoms with Gasteiger partial charge in [0.2, 0.25) is 0 Å². The molecule has 0 saturated carbocycles. The van der Waals surface area contributed by atoms with Crippen molar-refractivity contribution in [3.8, 4) is 0 Å². The normalized spacial score (nSPS) is 19.5. The summed E-state index contributed by atoms with van der Waals surface area (Å²) in [4.78, 5) is 10.9. The van der Waals surface area contributed by atoms with Gasteiger partial charge in [0, 0.05) is 19.3 Å². The molecule has 22 heavy (non-hydrogen) atoms. The maximum absolute atomic E-state index is 5.24. The second-order valence-electron chi connectivity index (χ2n) is 5.60. The van der Waals surface area contributed by atoms with Gasteiger partial charge in [0.1, 0.15) is 17.5 Å². The molecular weight excluding hydrogens is 282 g/mol. The van der Waals surface area contributed by atoms with Crippen molar-refractivity contribution < 1.29 is 4.52 Å². The number of rotatable bonds is 2. The first-order chi connectivity index (χ1) is 10.8. The topological polar surface area (TPSA) is 85.8 Å². The summed E-state index contributed by atoms with van der Waals surface area (Å²) >= 11 is 0. The summed E-state index contributed by atoms with van der Waals surface area (Å²) in [6.45, 7) is 3.80. The largest absolute Gasteiger partial charge is 0.356 e. The SMILES string of the molecule is Cc1noc2ncnc(N3CCCC(n4ccnn4)CC3)c12. The molecule has 0 spiro atoms. The quantitative estimate of drug-likeness (QED) is 0.712. The van der Waals surface area contributed by atoms with Gasteiger partial charge in [-0.2, -0.15) is 4.98 Å². The monoisotopic (exact) mass is 299 g/mol. The third-order valence-electron chi connectivity index (χ3n) is 4.24. The van der Waals surface area contributed by atoms with Gasteiger partial charge in [0.15, 0.2) is 0 Å². The number of hydrogen-bond donors (Lipinski definition) is 0. The Balaban J connectivity index is 1.61. The molecule has 8 heteroatoms. The average Bonchev–Trinajstić information content (AvgIpc) is 3.13. The van der Waals surface area contributed by atoms with Gasteiger partial charge in [-0.05, 0) is 26.2 Å². The number of fused-ring (bicyclic) bond motifs is 1. The van der Waals surface area contributed by atoms with Crippen LogP contribution in [0, 0.1) is 6.92 Å². The van der Waals surface area contributed by atoms with E-state index in [1.165, 1.54) is 0 Å². The van der Waals surface area contributed by atoms with Crippen LogP contribution in [0.2, 0.25) is 0 Å². The molecule has 0 amide bonds. The molecule has 1 unspecified atom stereocenters. The first-order valence-electron chi connectivity index (χ1n) is 7.50. The van der Waals surface area contributed by atoms with Crippen LogP contribution in [0.3, 0.4) is 0 Å². The smallest absolute Gasteiger partial charge is 0.263 e. The molecule has 1 saturated heterocycles. The Labute approximate surface area is 127 Å². The highest BCUT2D eigenvalue weighted by atomic mass is 16.5. The van der Waals surface area contributed by atoms with Crippen LogP contribution in [0.1, 0.15) is 31.0 Å². The van der Waals surface area contributed by atoms with Gasteiger partial charge >= 0.3 is 0 Å². The number of nitrogens with zero attached hydrogens (tertiary/aromatic N) is 7. The van der Waals surface area contributed by atoms with Gasteiger partial charge in [-0.25, -0.2) is 9.67 Å². The lowest BCUT2D eigenvalue weighted by Crippen LogP contribution is -2.25. The van der Waals surface area contributed by atoms with Gasteiger partial charge in [0.25, 0.3) is 5.71 Å². The summed E-state index contributed by atoms with van der Waals surface area (Å²) in [5.41, 5.74) is 1.39. The van der Waals surface area contributed by atoms with E-state index in [0.717, 1.165) is 49.2 Å². The summed E-state index contributed by atoms with van der Waals surface area (Å²) in [6, 6.07) is 0.397. The molecule has 114 valence electrons. The molecule has 3 aromatic heterocycles. The Bertz CT molecular complexity index is 767. The predicted molar refractivity (Wildman–Crippen MR) is 79.5 cm³/mol. The van der Waals surface area contributed by atoms with Crippen LogP contribution in [0.25, 0.3) is 11.1 Å². The maximum Gasteiger partial charge on any atom is 0.263 e. The first-order valence-corrected chi connectivity index (χ1v) is 7.50. The molecule has 4 heterocycles. The first kappa shape index (κ1) is 13.2. The lowest BCUT2D eigenvalue weighted by molar-refractivity contribution is 0.406. The fraction of sp³-hybridized carbons (Fsp3) is 0.500. The van der Waals surface area contributed by atoms with Crippen LogP contribution in [0.5, 0.6) is 0 Å². The van der Waals surface area contributed by atoms with Gasteiger partial charge in [-0.1, -0.05) is 10.4 Å². The summed E-state index contributed by atoms with van der Waals surface area (Å²) in [5, 5.41) is 13.0. The number of anilines is 1. The summed E-state index contributed by atoms with van der Waals surface area (Å²) < 4.78 is 7.20. The molecular formula is C14H17N7O. The molecule has 0 aliphatic carbocycles. The summed E-state index contributed by atoms with van der Waals surface area (Å²) in [6.07, 6.45) is 8.41. The van der Waals surface area contributed by atoms with E-state index in [4.69, 9.17) is 4.52 Å². The van der Waals surface area contributed by atoms with Crippen LogP contribution < -0.4 is 4.90 Å². The number of hydrogen-bond acceptors (Lipinski definition) is 7. The fourth-order valence-corrected chi connectivity index (χ4v) is 3.11. The Morgan fingerprint density at radius 3 is 3.05 bits per heavy atom. The molecule has 0 aromatic carbocycles. The zero-order chi connectivity index (χ0) is 14.9. The molecule has 1 aliphatic rings. The van der Waals surface area contributed by atoms with E-state index in [2.05, 4.69) is 30.3 Å². The third-order valence-corrected chi connectivity index (χ3v) is 4.24. The molecule has 1 aliphatic heterocycles. The van der Waals surface area contributed by atoms with Crippen molar-refractivity contribution in [2.45, 2.75) is 32.2 Å². The van der Waals surface area contributed by atoms with E-state index in [0.29, 0.717) is 11.8 Å². The third kappa shape index (κ3) is 2.20. The number of aryl methyl sites for hydroxylation is 1. The minimum atomic E-state index is 0.397. The van der Waals surface area contributed by atoms with Gasteiger partial charge in [-0.15, -0.1) is 5.10 Å². The van der Waals surface area contributed by atoms with E-state index >= 15 is 0 Å². The molecule has 3 aromatic rings. The van der Waals surface area contributed by atoms with Crippen LogP contribution in [0.4, 0.5) is 5.82 Å². The molecule has 1 atom stereocenters. The average molecular weight is 299 g/mol. The highest BCUT2D eigenvalue weighted by Gasteiger charge is 2.23. The molecule has 0 bridgehead atoms. The van der Waals surface area contributed by atoms with Crippen molar-refractivity contribution in [1.29, 1.82) is 0 Å². The van der Waals surface area contributed by atoms with Crippen molar-refractivity contribution >= 4 is 16.9 Å². The zero-order valence-electron chi connectivity index (χ0n) is 12.4. The van der Waals surface area contributed by atoms with Crippen molar-refractivity contribution in [3.63, 3.8) is 0 Å². The fourth-order valence-electron chi connectivity index (χ4n) is 3.11. The van der Waals surface area contributed by atoms with Gasteiger partial charge in [-0.3, -0.25) is 0 Å². The Morgan fingerprint density at radius 1 is 1.23 bits per heavy atom. The Hall–Kier alpha value is -2.51. The Morgan fingerprint density at radius 2 is 2.18 bits per heavy atom. The van der Waals surface area contributed by atoms with Crippen LogP contribution in [-0.2, 0) is 0 Å². The van der Waals surface area contributed by atoms with Gasteiger partial charge in [0.05, 0.1) is 17.9 Å². The second kappa shape index (κ2) is 5.36. The van der Waals surface area contributed by atoms with E-state index in [-0.39, 0.29) is 0 Å². The Kier molecular flexibility index (Phi) is 3.21. The van der Waals surface area contributed by atoms with Crippen LogP contribution >= 0.6 is 0 Å². The highest BCUT2D eigenvalue weighted by molar-refractivity contribution is 5.87. The number of aromatic nitrogens is 6. The molecule has 1 fully saturated rings. The van der Waals surface area contributed by atoms with Crippen LogP contribution in [-0.4, -0.2) is 43.2 Å². The summed E-state index contributed by atoms with van der Waals surface area (Å²) in [5.74, 6) is 0.919. The lowest BCUT2D eigenvalue weighted by atomic mass is 10.1. The standard InChI is InChI=1S/C14H17N7O/c1-10-12-13(15-9-16-14(12)22-18-10)20-6-2-3-11(4-7-20)21-8-5-17-19-21/h5,8-9,11H,2-4,6-7H2,1H3. The van der Waals surface area contributed by atoms with E-state index < -0.39 is 0 Å².